The summed E-state index contributed by atoms with van der Waals surface area (Å²) in [5.74, 6) is -0.796. The highest BCUT2D eigenvalue weighted by Crippen LogP contribution is 2.34. The number of anilines is 1. The van der Waals surface area contributed by atoms with Crippen LogP contribution in [0.2, 0.25) is 10.0 Å². The number of alkyl halides is 3. The monoisotopic (exact) mass is 761 g/mol. The Hall–Kier alpha value is -4.35. The molecule has 0 aliphatic heterocycles. The Morgan fingerprint density at radius 2 is 1.62 bits per heavy atom. The van der Waals surface area contributed by atoms with E-state index < -0.39 is 27.3 Å². The molecule has 0 unspecified atom stereocenters. The Bertz CT molecular complexity index is 1950. The Labute approximate surface area is 295 Å². The number of carbonyl (C=O) groups is 3. The van der Waals surface area contributed by atoms with E-state index in [1.165, 1.54) is 13.0 Å². The molecule has 0 aliphatic rings. The van der Waals surface area contributed by atoms with Crippen molar-refractivity contribution in [1.82, 2.24) is 9.88 Å². The number of amides is 2. The van der Waals surface area contributed by atoms with Crippen molar-refractivity contribution < 1.29 is 54.7 Å². The molecule has 50 heavy (non-hydrogen) atoms. The second-order valence-electron chi connectivity index (χ2n) is 10.3. The van der Waals surface area contributed by atoms with E-state index in [9.17, 15) is 36.0 Å². The molecule has 0 radical (unpaired) electrons. The van der Waals surface area contributed by atoms with E-state index in [1.807, 2.05) is 0 Å². The zero-order chi connectivity index (χ0) is 37.2. The van der Waals surface area contributed by atoms with Crippen LogP contribution in [0.1, 0.15) is 28.5 Å². The van der Waals surface area contributed by atoms with Gasteiger partial charge in [-0.3, -0.25) is 19.0 Å². The lowest BCUT2D eigenvalue weighted by molar-refractivity contribution is -0.120. The fourth-order valence-electron chi connectivity index (χ4n) is 4.40. The number of methoxy groups -OCH3 is 1. The Balaban J connectivity index is 0.000000270. The molecule has 2 amide bonds. The van der Waals surface area contributed by atoms with Crippen LogP contribution in [-0.4, -0.2) is 74.8 Å². The standard InChI is InChI=1S/C19H17ClN2O3.C13H15ClF3NO6S/c1-11-18(21-12(2)23)16-10-15(25-3)8-9-17(16)22(11)19(24)13-4-6-14(20)7-5-13;14-11-8-10(24-25(21,22)13(15,16)17)2-1-9(11)7-12(20)18-3-5-23-6-4-19/h4-10H,1-3H3,(H,21,23);1-2,8,19H,3-7H2,(H,18,20). The van der Waals surface area contributed by atoms with Gasteiger partial charge in [0.05, 0.1) is 44.6 Å². The van der Waals surface area contributed by atoms with Gasteiger partial charge in [-0.15, -0.1) is 0 Å². The molecule has 270 valence electrons. The van der Waals surface area contributed by atoms with Crippen molar-refractivity contribution in [2.24, 2.45) is 0 Å². The molecule has 0 spiro atoms. The largest absolute Gasteiger partial charge is 0.534 e. The number of carbonyl (C=O) groups excluding carboxylic acids is 3. The summed E-state index contributed by atoms with van der Waals surface area (Å²) < 4.78 is 74.3. The van der Waals surface area contributed by atoms with Crippen LogP contribution in [0.3, 0.4) is 0 Å². The van der Waals surface area contributed by atoms with Crippen LogP contribution in [0.4, 0.5) is 18.9 Å². The predicted octanol–water partition coefficient (Wildman–Crippen LogP) is 5.49. The molecule has 3 aromatic carbocycles. The Morgan fingerprint density at radius 1 is 0.960 bits per heavy atom. The molecule has 18 heteroatoms. The summed E-state index contributed by atoms with van der Waals surface area (Å²) in [7, 11) is -4.22. The van der Waals surface area contributed by atoms with Crippen molar-refractivity contribution in [2.75, 3.05) is 38.8 Å². The summed E-state index contributed by atoms with van der Waals surface area (Å²) in [6.07, 6.45) is -0.175. The first-order valence-corrected chi connectivity index (χ1v) is 16.7. The minimum atomic E-state index is -5.79. The van der Waals surface area contributed by atoms with Gasteiger partial charge in [-0.05, 0) is 61.0 Å². The summed E-state index contributed by atoms with van der Waals surface area (Å²) in [4.78, 5) is 36.3. The van der Waals surface area contributed by atoms with Gasteiger partial charge >= 0.3 is 15.6 Å². The van der Waals surface area contributed by atoms with Gasteiger partial charge in [-0.2, -0.15) is 21.6 Å². The normalized spacial score (nSPS) is 11.4. The lowest BCUT2D eigenvalue weighted by atomic mass is 10.1. The topological polar surface area (TPSA) is 162 Å². The van der Waals surface area contributed by atoms with Gasteiger partial charge in [0.1, 0.15) is 11.5 Å². The van der Waals surface area contributed by atoms with Crippen LogP contribution in [-0.2, 0) is 30.9 Å². The second-order valence-corrected chi connectivity index (χ2v) is 12.7. The lowest BCUT2D eigenvalue weighted by Gasteiger charge is -2.11. The maximum Gasteiger partial charge on any atom is 0.534 e. The van der Waals surface area contributed by atoms with E-state index in [0.717, 1.165) is 17.5 Å². The average Bonchev–Trinajstić information content (AvgIpc) is 3.31. The van der Waals surface area contributed by atoms with Crippen molar-refractivity contribution >= 4 is 67.6 Å². The SMILES string of the molecule is COc1ccc2c(c1)c(NC(C)=O)c(C)n2C(=O)c1ccc(Cl)cc1.O=C(Cc1ccc(OS(=O)(=O)C(F)(F)F)cc1Cl)NCCOCCO. The van der Waals surface area contributed by atoms with Gasteiger partial charge in [-0.1, -0.05) is 29.3 Å². The number of fused-ring (bicyclic) bond motifs is 1. The molecule has 12 nitrogen and oxygen atoms in total. The highest BCUT2D eigenvalue weighted by atomic mass is 35.5. The lowest BCUT2D eigenvalue weighted by Crippen LogP contribution is -2.29. The number of hydrogen-bond donors (Lipinski definition) is 3. The van der Waals surface area contributed by atoms with Crippen LogP contribution in [0, 0.1) is 6.92 Å². The van der Waals surface area contributed by atoms with Crippen LogP contribution < -0.4 is 19.6 Å². The molecule has 4 rings (SSSR count). The maximum absolute atomic E-state index is 13.0. The third-order valence-corrected chi connectivity index (χ3v) is 8.26. The summed E-state index contributed by atoms with van der Waals surface area (Å²) in [5, 5.41) is 15.0. The quantitative estimate of drug-likeness (QED) is 0.0963. The number of halogens is 5. The van der Waals surface area contributed by atoms with E-state index in [2.05, 4.69) is 14.8 Å². The third kappa shape index (κ3) is 10.6. The van der Waals surface area contributed by atoms with E-state index in [0.29, 0.717) is 33.2 Å². The van der Waals surface area contributed by atoms with Gasteiger partial charge in [0.15, 0.2) is 0 Å². The average molecular weight is 763 g/mol. The highest BCUT2D eigenvalue weighted by molar-refractivity contribution is 7.88. The number of rotatable bonds is 12. The van der Waals surface area contributed by atoms with E-state index >= 15 is 0 Å². The highest BCUT2D eigenvalue weighted by Gasteiger charge is 2.48. The van der Waals surface area contributed by atoms with Crippen molar-refractivity contribution in [3.05, 3.63) is 87.5 Å². The number of ether oxygens (including phenoxy) is 2. The molecular weight excluding hydrogens is 730 g/mol. The number of aliphatic hydroxyl groups excluding tert-OH is 1. The molecule has 3 N–H and O–H groups in total. The zero-order valence-corrected chi connectivity index (χ0v) is 29.1. The van der Waals surface area contributed by atoms with Crippen molar-refractivity contribution in [3.63, 3.8) is 0 Å². The summed E-state index contributed by atoms with van der Waals surface area (Å²) >= 11 is 11.7. The minimum absolute atomic E-state index is 0.124. The Morgan fingerprint density at radius 3 is 2.20 bits per heavy atom. The van der Waals surface area contributed by atoms with Crippen molar-refractivity contribution in [3.8, 4) is 11.5 Å². The maximum atomic E-state index is 13.0. The fourth-order valence-corrected chi connectivity index (χ4v) is 5.22. The van der Waals surface area contributed by atoms with Gasteiger partial charge in [-0.25, -0.2) is 0 Å². The Kier molecular flexibility index (Phi) is 14.1. The first-order chi connectivity index (χ1) is 23.5. The molecule has 0 aliphatic carbocycles. The first kappa shape index (κ1) is 40.1. The van der Waals surface area contributed by atoms with Crippen LogP contribution in [0.5, 0.6) is 11.5 Å². The van der Waals surface area contributed by atoms with Crippen LogP contribution >= 0.6 is 23.2 Å². The molecule has 4 aromatic rings. The van der Waals surface area contributed by atoms with Gasteiger partial charge in [0.25, 0.3) is 5.91 Å². The molecule has 0 atom stereocenters. The molecule has 1 heterocycles. The van der Waals surface area contributed by atoms with Crippen molar-refractivity contribution in [1.29, 1.82) is 0 Å². The van der Waals surface area contributed by atoms with E-state index in [1.54, 1.807) is 61.1 Å². The molecule has 0 fully saturated rings. The molecule has 0 saturated carbocycles. The number of aromatic nitrogens is 1. The van der Waals surface area contributed by atoms with Crippen molar-refractivity contribution in [2.45, 2.75) is 25.8 Å². The second kappa shape index (κ2) is 17.5. The van der Waals surface area contributed by atoms with E-state index in [-0.39, 0.29) is 55.2 Å². The van der Waals surface area contributed by atoms with E-state index in [4.69, 9.17) is 37.8 Å². The number of nitrogens with zero attached hydrogens (tertiary/aromatic N) is 1. The van der Waals surface area contributed by atoms with Crippen LogP contribution in [0.15, 0.2) is 60.7 Å². The first-order valence-electron chi connectivity index (χ1n) is 14.5. The number of nitrogens with one attached hydrogen (secondary N) is 2. The smallest absolute Gasteiger partial charge is 0.497 e. The minimum Gasteiger partial charge on any atom is -0.497 e. The van der Waals surface area contributed by atoms with Gasteiger partial charge < -0.3 is 29.4 Å². The third-order valence-electron chi connectivity index (χ3n) is 6.68. The van der Waals surface area contributed by atoms with Gasteiger partial charge in [0.2, 0.25) is 11.8 Å². The fraction of sp³-hybridized carbons (Fsp3) is 0.281. The molecular formula is C32H32Cl2F3N3O9S. The molecule has 0 bridgehead atoms. The van der Waals surface area contributed by atoms with Gasteiger partial charge in [0, 0.05) is 46.2 Å². The van der Waals surface area contributed by atoms with Crippen LogP contribution in [0.25, 0.3) is 10.9 Å². The molecule has 0 saturated heterocycles. The number of aliphatic hydroxyl groups is 1. The summed E-state index contributed by atoms with van der Waals surface area (Å²) in [6, 6.07) is 15.1. The summed E-state index contributed by atoms with van der Waals surface area (Å²) in [6.45, 7) is 3.63. The number of hydrogen-bond acceptors (Lipinski definition) is 9. The number of benzene rings is 3. The molecule has 1 aromatic heterocycles. The summed E-state index contributed by atoms with van der Waals surface area (Å²) in [5.41, 5.74) is -2.83. The zero-order valence-electron chi connectivity index (χ0n) is 26.8. The predicted molar refractivity (Wildman–Crippen MR) is 180 cm³/mol.